The van der Waals surface area contributed by atoms with Crippen LogP contribution < -0.4 is 5.73 Å². The van der Waals surface area contributed by atoms with Crippen molar-refractivity contribution in [2.45, 2.75) is 0 Å². The van der Waals surface area contributed by atoms with Crippen LogP contribution in [-0.2, 0) is 0 Å². The summed E-state index contributed by atoms with van der Waals surface area (Å²) in [5, 5.41) is 0. The number of nitrogen functional groups attached to an aromatic ring is 1. The molecule has 0 amide bonds. The zero-order valence-corrected chi connectivity index (χ0v) is 3.96. The van der Waals surface area contributed by atoms with Gasteiger partial charge in [0.05, 0.1) is 0 Å². The molecular weight excluding hydrogens is 86.1 g/mol. The van der Waals surface area contributed by atoms with Gasteiger partial charge >= 0.3 is 0 Å². The molecule has 0 spiro atoms. The Morgan fingerprint density at radius 1 is 1.00 bits per heavy atom. The van der Waals surface area contributed by atoms with Gasteiger partial charge in [0.15, 0.2) is 5.69 Å². The molecule has 0 aromatic heterocycles. The monoisotopic (exact) mass is 93.1 g/mol. The molecule has 0 bridgehead atoms. The summed E-state index contributed by atoms with van der Waals surface area (Å²) in [6, 6.07) is 9.49. The molecule has 0 unspecified atom stereocenters. The van der Waals surface area contributed by atoms with Crippen molar-refractivity contribution in [2.24, 2.45) is 0 Å². The summed E-state index contributed by atoms with van der Waals surface area (Å²) < 4.78 is 0. The Morgan fingerprint density at radius 2 is 1.57 bits per heavy atom. The zero-order valence-electron chi connectivity index (χ0n) is 3.96. The van der Waals surface area contributed by atoms with Crippen LogP contribution in [0.2, 0.25) is 0 Å². The highest BCUT2D eigenvalue weighted by Crippen LogP contribution is 1.93. The molecule has 1 radical (unpaired) electrons. The van der Waals surface area contributed by atoms with Gasteiger partial charge < -0.3 is 0 Å². The normalized spacial score (nSPS) is 8.71. The molecule has 0 aliphatic rings. The van der Waals surface area contributed by atoms with Gasteiger partial charge in [0.25, 0.3) is 0 Å². The first kappa shape index (κ1) is 4.34. The lowest BCUT2D eigenvalue weighted by Gasteiger charge is -1.75. The topological polar surface area (TPSA) is 25.3 Å². The van der Waals surface area contributed by atoms with Gasteiger partial charge in [-0.05, 0) is 0 Å². The number of nitrogens with two attached hydrogens (primary N) is 1. The van der Waals surface area contributed by atoms with Gasteiger partial charge in [-0.3, -0.25) is 0 Å². The maximum Gasteiger partial charge on any atom is 0.177 e. The molecule has 2 N–H and O–H groups in total. The van der Waals surface area contributed by atoms with E-state index in [4.69, 9.17) is 5.73 Å². The highest BCUT2D eigenvalue weighted by atomic mass is 14.5. The maximum atomic E-state index is 5.36. The van der Waals surface area contributed by atoms with Crippen LogP contribution in [0.4, 0.5) is 5.69 Å². The second-order valence-corrected chi connectivity index (χ2v) is 1.41. The fourth-order valence-corrected chi connectivity index (χ4v) is 0.453. The molecular formula is C6H7N+. The van der Waals surface area contributed by atoms with Crippen LogP contribution in [0.3, 0.4) is 0 Å². The fraction of sp³-hybridized carbons (Fsp3) is 0. The minimum Gasteiger partial charge on any atom is -0.160 e. The summed E-state index contributed by atoms with van der Waals surface area (Å²) in [6.45, 7) is 0. The van der Waals surface area contributed by atoms with Crippen molar-refractivity contribution in [3.63, 3.8) is 0 Å². The van der Waals surface area contributed by atoms with Crippen LogP contribution in [0.25, 0.3) is 0 Å². The molecule has 0 aliphatic heterocycles. The van der Waals surface area contributed by atoms with Crippen molar-refractivity contribution in [1.82, 2.24) is 0 Å². The Balaban J connectivity index is 3.02. The summed E-state index contributed by atoms with van der Waals surface area (Å²) in [4.78, 5) is 0. The molecule has 1 aromatic rings. The van der Waals surface area contributed by atoms with E-state index in [0.717, 1.165) is 5.69 Å². The van der Waals surface area contributed by atoms with Crippen molar-refractivity contribution in [2.75, 3.05) is 0 Å². The zero-order chi connectivity index (χ0) is 5.11. The van der Waals surface area contributed by atoms with E-state index in [2.05, 4.69) is 0 Å². The summed E-state index contributed by atoms with van der Waals surface area (Å²) in [6.07, 6.45) is 0. The highest BCUT2D eigenvalue weighted by molar-refractivity contribution is 5.25. The minimum atomic E-state index is 0.822. The highest BCUT2D eigenvalue weighted by Gasteiger charge is 1.80. The smallest absolute Gasteiger partial charge is 0.160 e. The van der Waals surface area contributed by atoms with Gasteiger partial charge in [0, 0.05) is 12.1 Å². The number of hydrogen-bond donors (Lipinski definition) is 1. The third-order valence-corrected chi connectivity index (χ3v) is 0.800. The van der Waals surface area contributed by atoms with E-state index in [0.29, 0.717) is 0 Å². The third kappa shape index (κ3) is 1.02. The van der Waals surface area contributed by atoms with Crippen molar-refractivity contribution in [3.05, 3.63) is 30.3 Å². The van der Waals surface area contributed by atoms with E-state index in [-0.39, 0.29) is 0 Å². The Bertz CT molecular complexity index is 134. The molecule has 1 aromatic carbocycles. The van der Waals surface area contributed by atoms with E-state index in [1.165, 1.54) is 0 Å². The number of anilines is 1. The van der Waals surface area contributed by atoms with Gasteiger partial charge in [0.1, 0.15) is 0 Å². The maximum absolute atomic E-state index is 5.36. The number of para-hydroxylation sites is 1. The van der Waals surface area contributed by atoms with E-state index in [9.17, 15) is 0 Å². The van der Waals surface area contributed by atoms with E-state index < -0.39 is 0 Å². The summed E-state index contributed by atoms with van der Waals surface area (Å²) in [7, 11) is 0. The number of rotatable bonds is 0. The first-order chi connectivity index (χ1) is 3.39. The van der Waals surface area contributed by atoms with Crippen molar-refractivity contribution in [1.29, 1.82) is 0 Å². The van der Waals surface area contributed by atoms with Gasteiger partial charge in [-0.2, -0.15) is 5.73 Å². The SMILES string of the molecule is [NH2+]c1ccccc1. The molecule has 0 saturated heterocycles. The minimum absolute atomic E-state index is 0.822. The second kappa shape index (κ2) is 1.76. The molecule has 0 fully saturated rings. The van der Waals surface area contributed by atoms with Crippen molar-refractivity contribution >= 4 is 5.69 Å². The third-order valence-electron chi connectivity index (χ3n) is 0.800. The standard InChI is InChI=1S/C6H7N/c7-6-4-2-1-3-5-6/h1-5H,7H2/q+1. The predicted molar refractivity (Wildman–Crippen MR) is 28.0 cm³/mol. The van der Waals surface area contributed by atoms with Gasteiger partial charge in [-0.1, -0.05) is 18.2 Å². The lowest BCUT2D eigenvalue weighted by Crippen LogP contribution is -2.39. The molecule has 35 valence electrons. The van der Waals surface area contributed by atoms with E-state index in [1.54, 1.807) is 0 Å². The van der Waals surface area contributed by atoms with Crippen LogP contribution >= 0.6 is 0 Å². The Morgan fingerprint density at radius 3 is 1.86 bits per heavy atom. The fourth-order valence-electron chi connectivity index (χ4n) is 0.453. The Kier molecular flexibility index (Phi) is 1.09. The van der Waals surface area contributed by atoms with E-state index >= 15 is 0 Å². The Hall–Kier alpha value is -0.820. The second-order valence-electron chi connectivity index (χ2n) is 1.41. The summed E-state index contributed by atoms with van der Waals surface area (Å²) >= 11 is 0. The Labute approximate surface area is 42.8 Å². The molecule has 1 rings (SSSR count). The lowest BCUT2D eigenvalue weighted by atomic mass is 10.3. The molecule has 1 heteroatoms. The van der Waals surface area contributed by atoms with Crippen LogP contribution in [0.1, 0.15) is 0 Å². The summed E-state index contributed by atoms with van der Waals surface area (Å²) in [5.74, 6) is 0. The molecule has 0 saturated carbocycles. The average Bonchev–Trinajstić information content (AvgIpc) is 1.69. The van der Waals surface area contributed by atoms with Gasteiger partial charge in [0.2, 0.25) is 0 Å². The van der Waals surface area contributed by atoms with Crippen molar-refractivity contribution < 1.29 is 5.73 Å². The molecule has 1 nitrogen and oxygen atoms in total. The van der Waals surface area contributed by atoms with Gasteiger partial charge in [-0.25, -0.2) is 0 Å². The number of hydrogen-bond acceptors (Lipinski definition) is 1. The van der Waals surface area contributed by atoms with E-state index in [1.807, 2.05) is 30.3 Å². The van der Waals surface area contributed by atoms with Crippen molar-refractivity contribution in [3.8, 4) is 0 Å². The largest absolute Gasteiger partial charge is 0.177 e. The molecule has 0 heterocycles. The van der Waals surface area contributed by atoms with Crippen LogP contribution in [-0.4, -0.2) is 0 Å². The molecule has 0 atom stereocenters. The number of benzene rings is 1. The van der Waals surface area contributed by atoms with Crippen LogP contribution in [0.5, 0.6) is 0 Å². The first-order valence-electron chi connectivity index (χ1n) is 2.20. The average molecular weight is 93.1 g/mol. The van der Waals surface area contributed by atoms with Crippen LogP contribution in [0, 0.1) is 0 Å². The predicted octanol–water partition coefficient (Wildman–Crippen LogP) is 0.346. The summed E-state index contributed by atoms with van der Waals surface area (Å²) in [5.41, 5.74) is 6.18. The van der Waals surface area contributed by atoms with Gasteiger partial charge in [-0.15, -0.1) is 0 Å². The lowest BCUT2D eigenvalue weighted by molar-refractivity contribution is -0.254. The molecule has 0 aliphatic carbocycles. The quantitative estimate of drug-likeness (QED) is 0.448. The molecule has 7 heavy (non-hydrogen) atoms. The van der Waals surface area contributed by atoms with Crippen LogP contribution in [0.15, 0.2) is 30.3 Å². The first-order valence-corrected chi connectivity index (χ1v) is 2.20.